The number of ether oxygens (including phenoxy) is 1. The van der Waals surface area contributed by atoms with Gasteiger partial charge in [0.05, 0.1) is 34.2 Å². The highest BCUT2D eigenvalue weighted by molar-refractivity contribution is 8.01. The Morgan fingerprint density at radius 3 is 2.79 bits per heavy atom. The van der Waals surface area contributed by atoms with Gasteiger partial charge in [-0.15, -0.1) is 10.2 Å². The van der Waals surface area contributed by atoms with Gasteiger partial charge < -0.3 is 15.4 Å². The molecule has 1 heterocycles. The second kappa shape index (κ2) is 9.54. The zero-order valence-corrected chi connectivity index (χ0v) is 17.3. The molecule has 0 aliphatic carbocycles. The fourth-order valence-electron chi connectivity index (χ4n) is 2.21. The summed E-state index contributed by atoms with van der Waals surface area (Å²) in [7, 11) is 1.58. The molecule has 2 N–H and O–H groups in total. The maximum absolute atomic E-state index is 12.1. The van der Waals surface area contributed by atoms with Gasteiger partial charge in [0.15, 0.2) is 4.34 Å². The summed E-state index contributed by atoms with van der Waals surface area (Å²) in [6, 6.07) is 11.3. The lowest BCUT2D eigenvalue weighted by Crippen LogP contribution is -2.14. The number of non-ortho nitro benzene ring substituents is 1. The average molecular weight is 452 g/mol. The summed E-state index contributed by atoms with van der Waals surface area (Å²) in [5, 5.41) is 25.2. The van der Waals surface area contributed by atoms with Crippen LogP contribution in [0.15, 0.2) is 46.8 Å². The van der Waals surface area contributed by atoms with Gasteiger partial charge in [-0.25, -0.2) is 0 Å². The van der Waals surface area contributed by atoms with Crippen molar-refractivity contribution in [2.24, 2.45) is 0 Å². The number of thioether (sulfide) groups is 1. The molecule has 0 saturated carbocycles. The van der Waals surface area contributed by atoms with Gasteiger partial charge in [-0.05, 0) is 18.2 Å². The SMILES string of the molecule is COc1ccccc1Nc1nnc(SCC(=O)Nc2ccc([N+](=O)[O-])cc2Cl)s1. The number of para-hydroxylation sites is 2. The first-order valence-corrected chi connectivity index (χ1v) is 10.2. The number of benzene rings is 2. The van der Waals surface area contributed by atoms with E-state index in [0.29, 0.717) is 20.9 Å². The van der Waals surface area contributed by atoms with E-state index in [-0.39, 0.29) is 22.4 Å². The molecule has 0 unspecified atom stereocenters. The molecule has 0 aliphatic heterocycles. The Kier molecular flexibility index (Phi) is 6.86. The van der Waals surface area contributed by atoms with Crippen molar-refractivity contribution in [2.45, 2.75) is 4.34 Å². The van der Waals surface area contributed by atoms with Crippen molar-refractivity contribution in [3.63, 3.8) is 0 Å². The van der Waals surface area contributed by atoms with E-state index in [1.807, 2.05) is 24.3 Å². The normalized spacial score (nSPS) is 10.4. The first-order valence-electron chi connectivity index (χ1n) is 8.06. The van der Waals surface area contributed by atoms with Crippen LogP contribution in [0.4, 0.5) is 22.2 Å². The van der Waals surface area contributed by atoms with Crippen molar-refractivity contribution in [1.29, 1.82) is 0 Å². The van der Waals surface area contributed by atoms with Gasteiger partial charge in [0.25, 0.3) is 5.69 Å². The smallest absolute Gasteiger partial charge is 0.271 e. The molecule has 29 heavy (non-hydrogen) atoms. The minimum Gasteiger partial charge on any atom is -0.495 e. The van der Waals surface area contributed by atoms with E-state index in [0.717, 1.165) is 5.69 Å². The summed E-state index contributed by atoms with van der Waals surface area (Å²) < 4.78 is 5.88. The average Bonchev–Trinajstić information content (AvgIpc) is 3.15. The number of hydrogen-bond acceptors (Lipinski definition) is 9. The summed E-state index contributed by atoms with van der Waals surface area (Å²) in [5.41, 5.74) is 0.915. The van der Waals surface area contributed by atoms with Crippen molar-refractivity contribution < 1.29 is 14.5 Å². The van der Waals surface area contributed by atoms with Gasteiger partial charge >= 0.3 is 0 Å². The number of aromatic nitrogens is 2. The van der Waals surface area contributed by atoms with Crippen LogP contribution in [-0.2, 0) is 4.79 Å². The third-order valence-corrected chi connectivity index (χ3v) is 5.80. The molecule has 0 atom stereocenters. The molecule has 150 valence electrons. The zero-order valence-electron chi connectivity index (χ0n) is 14.9. The first kappa shape index (κ1) is 20.8. The molecule has 3 aromatic rings. The fraction of sp³-hybridized carbons (Fsp3) is 0.118. The van der Waals surface area contributed by atoms with Gasteiger partial charge in [-0.2, -0.15) is 0 Å². The van der Waals surface area contributed by atoms with Crippen LogP contribution < -0.4 is 15.4 Å². The second-order valence-corrected chi connectivity index (χ2v) is 8.06. The topological polar surface area (TPSA) is 119 Å². The highest BCUT2D eigenvalue weighted by Crippen LogP contribution is 2.32. The quantitative estimate of drug-likeness (QED) is 0.290. The van der Waals surface area contributed by atoms with Crippen LogP contribution in [0.25, 0.3) is 0 Å². The lowest BCUT2D eigenvalue weighted by Gasteiger charge is -2.07. The van der Waals surface area contributed by atoms with Gasteiger partial charge in [0.2, 0.25) is 11.0 Å². The molecular weight excluding hydrogens is 438 g/mol. The Morgan fingerprint density at radius 1 is 1.28 bits per heavy atom. The number of carbonyl (C=O) groups is 1. The van der Waals surface area contributed by atoms with Crippen molar-refractivity contribution >= 4 is 62.8 Å². The van der Waals surface area contributed by atoms with Crippen molar-refractivity contribution in [2.75, 3.05) is 23.5 Å². The van der Waals surface area contributed by atoms with Crippen LogP contribution in [0.5, 0.6) is 5.75 Å². The van der Waals surface area contributed by atoms with Gasteiger partial charge in [0, 0.05) is 12.1 Å². The molecule has 0 radical (unpaired) electrons. The maximum Gasteiger partial charge on any atom is 0.271 e. The number of methoxy groups -OCH3 is 1. The van der Waals surface area contributed by atoms with Crippen molar-refractivity contribution in [3.8, 4) is 5.75 Å². The van der Waals surface area contributed by atoms with E-state index in [1.165, 1.54) is 41.3 Å². The lowest BCUT2D eigenvalue weighted by molar-refractivity contribution is -0.384. The monoisotopic (exact) mass is 451 g/mol. The predicted octanol–water partition coefficient (Wildman–Crippen LogP) is 4.58. The van der Waals surface area contributed by atoms with Crippen molar-refractivity contribution in [3.05, 3.63) is 57.6 Å². The third kappa shape index (κ3) is 5.56. The number of nitrogens with one attached hydrogen (secondary N) is 2. The van der Waals surface area contributed by atoms with E-state index in [1.54, 1.807) is 7.11 Å². The fourth-order valence-corrected chi connectivity index (χ4v) is 4.00. The number of halogens is 1. The molecule has 0 bridgehead atoms. The number of nitro benzene ring substituents is 1. The number of nitro groups is 1. The van der Waals surface area contributed by atoms with Crippen LogP contribution in [-0.4, -0.2) is 33.9 Å². The van der Waals surface area contributed by atoms with Crippen LogP contribution in [0.2, 0.25) is 5.02 Å². The maximum atomic E-state index is 12.1. The molecule has 0 spiro atoms. The molecule has 12 heteroatoms. The minimum absolute atomic E-state index is 0.0800. The highest BCUT2D eigenvalue weighted by atomic mass is 35.5. The summed E-state index contributed by atoms with van der Waals surface area (Å²) in [6.45, 7) is 0. The first-order chi connectivity index (χ1) is 14.0. The molecule has 3 rings (SSSR count). The Balaban J connectivity index is 1.55. The lowest BCUT2D eigenvalue weighted by atomic mass is 10.3. The molecule has 1 aromatic heterocycles. The number of anilines is 3. The van der Waals surface area contributed by atoms with Crippen LogP contribution in [0, 0.1) is 10.1 Å². The Hall–Kier alpha value is -2.89. The largest absolute Gasteiger partial charge is 0.495 e. The molecule has 0 fully saturated rings. The second-order valence-electron chi connectivity index (χ2n) is 5.46. The number of rotatable bonds is 8. The molecule has 9 nitrogen and oxygen atoms in total. The Bertz CT molecular complexity index is 1050. The van der Waals surface area contributed by atoms with E-state index in [9.17, 15) is 14.9 Å². The van der Waals surface area contributed by atoms with Crippen LogP contribution in [0.3, 0.4) is 0 Å². The Morgan fingerprint density at radius 2 is 2.07 bits per heavy atom. The van der Waals surface area contributed by atoms with E-state index in [4.69, 9.17) is 16.3 Å². The van der Waals surface area contributed by atoms with E-state index in [2.05, 4.69) is 20.8 Å². The van der Waals surface area contributed by atoms with Gasteiger partial charge in [0.1, 0.15) is 5.75 Å². The number of hydrogen-bond donors (Lipinski definition) is 2. The molecular formula is C17H14ClN5O4S2. The van der Waals surface area contributed by atoms with Crippen LogP contribution in [0.1, 0.15) is 0 Å². The minimum atomic E-state index is -0.556. The summed E-state index contributed by atoms with van der Waals surface area (Å²) in [4.78, 5) is 22.3. The predicted molar refractivity (Wildman–Crippen MR) is 114 cm³/mol. The summed E-state index contributed by atoms with van der Waals surface area (Å²) in [5.74, 6) is 0.438. The van der Waals surface area contributed by atoms with E-state index >= 15 is 0 Å². The van der Waals surface area contributed by atoms with E-state index < -0.39 is 4.92 Å². The molecule has 2 aromatic carbocycles. The number of amides is 1. The zero-order chi connectivity index (χ0) is 20.8. The van der Waals surface area contributed by atoms with Gasteiger partial charge in [-0.1, -0.05) is 46.8 Å². The molecule has 0 saturated heterocycles. The molecule has 0 aliphatic rings. The summed E-state index contributed by atoms with van der Waals surface area (Å²) >= 11 is 8.48. The van der Waals surface area contributed by atoms with Crippen LogP contribution >= 0.6 is 34.7 Å². The third-order valence-electron chi connectivity index (χ3n) is 3.52. The standard InChI is InChI=1S/C17H14ClN5O4S2/c1-27-14-5-3-2-4-13(14)20-16-21-22-17(29-16)28-9-15(24)19-12-7-6-10(23(25)26)8-11(12)18/h2-8H,9H2,1H3,(H,19,24)(H,20,21). The number of nitrogens with zero attached hydrogens (tertiary/aromatic N) is 3. The molecule has 1 amide bonds. The summed E-state index contributed by atoms with van der Waals surface area (Å²) in [6.07, 6.45) is 0. The Labute approximate surface area is 178 Å². The highest BCUT2D eigenvalue weighted by Gasteiger charge is 2.13. The van der Waals surface area contributed by atoms with Crippen molar-refractivity contribution in [1.82, 2.24) is 10.2 Å². The van der Waals surface area contributed by atoms with Gasteiger partial charge in [-0.3, -0.25) is 14.9 Å². The number of carbonyl (C=O) groups excluding carboxylic acids is 1.